The number of unbranched alkanes of at least 4 members (excludes halogenated alkanes) is 1. The predicted octanol–water partition coefficient (Wildman–Crippen LogP) is -0.703. The molecule has 0 radical (unpaired) electrons. The van der Waals surface area contributed by atoms with Crippen molar-refractivity contribution in [2.75, 3.05) is 18.1 Å². The SMILES string of the molecule is Nc1ncnc2c1ncn2[C@@H]1OC2[C@H](CO)C2(O)C1OC(=O)CCCCC1SC[C@@H]2NC(=O)N[C@H]12. The number of nitrogens with two attached hydrogens (primary N) is 1. The van der Waals surface area contributed by atoms with Crippen LogP contribution >= 0.6 is 11.8 Å². The molecule has 4 fully saturated rings. The molecule has 2 amide bonds. The van der Waals surface area contributed by atoms with Gasteiger partial charge in [-0.3, -0.25) is 9.36 Å². The Morgan fingerprint density at radius 3 is 3.03 bits per heavy atom. The molecule has 0 spiro atoms. The highest BCUT2D eigenvalue weighted by Crippen LogP contribution is 2.59. The summed E-state index contributed by atoms with van der Waals surface area (Å²) in [5.74, 6) is 0.114. The number of rotatable bonds is 8. The van der Waals surface area contributed by atoms with Crippen LogP contribution in [0.4, 0.5) is 10.6 Å². The second kappa shape index (κ2) is 8.47. The zero-order chi connectivity index (χ0) is 24.3. The Labute approximate surface area is 204 Å². The number of nitrogens with zero attached hydrogens (tertiary/aromatic N) is 4. The number of imidazole rings is 1. The van der Waals surface area contributed by atoms with Gasteiger partial charge in [-0.25, -0.2) is 19.7 Å². The first-order valence-corrected chi connectivity index (χ1v) is 12.8. The maximum atomic E-state index is 12.8. The summed E-state index contributed by atoms with van der Waals surface area (Å²) < 4.78 is 13.3. The van der Waals surface area contributed by atoms with E-state index >= 15 is 0 Å². The summed E-state index contributed by atoms with van der Waals surface area (Å²) in [4.78, 5) is 36.7. The van der Waals surface area contributed by atoms with Crippen LogP contribution in [0.5, 0.6) is 0 Å². The maximum Gasteiger partial charge on any atom is 0.315 e. The van der Waals surface area contributed by atoms with Crippen molar-refractivity contribution in [2.45, 2.75) is 67.1 Å². The minimum atomic E-state index is -1.48. The number of nitrogens with one attached hydrogen (secondary N) is 2. The highest BCUT2D eigenvalue weighted by molar-refractivity contribution is 8.00. The van der Waals surface area contributed by atoms with Gasteiger partial charge in [0, 0.05) is 23.3 Å². The number of hydrogen-bond acceptors (Lipinski definition) is 11. The summed E-state index contributed by atoms with van der Waals surface area (Å²) in [6.07, 6.45) is 2.72. The summed E-state index contributed by atoms with van der Waals surface area (Å²) in [6.45, 7) is -0.283. The molecule has 8 atom stereocenters. The lowest BCUT2D eigenvalue weighted by atomic mass is 10.0. The summed E-state index contributed by atoms with van der Waals surface area (Å²) in [5, 5.41) is 27.0. The molecule has 6 rings (SSSR count). The molecule has 4 aliphatic rings. The summed E-state index contributed by atoms with van der Waals surface area (Å²) in [6, 6.07) is 0.197. The second-order valence-electron chi connectivity index (χ2n) is 9.48. The third kappa shape index (κ3) is 3.61. The smallest absolute Gasteiger partial charge is 0.315 e. The largest absolute Gasteiger partial charge is 0.454 e. The van der Waals surface area contributed by atoms with E-state index in [0.29, 0.717) is 22.8 Å². The van der Waals surface area contributed by atoms with E-state index in [2.05, 4.69) is 25.6 Å². The number of anilines is 1. The van der Waals surface area contributed by atoms with Gasteiger partial charge in [-0.15, -0.1) is 0 Å². The highest BCUT2D eigenvalue weighted by atomic mass is 32.2. The first-order valence-electron chi connectivity index (χ1n) is 11.7. The van der Waals surface area contributed by atoms with Crippen LogP contribution in [-0.2, 0) is 14.3 Å². The Morgan fingerprint density at radius 1 is 1.34 bits per heavy atom. The number of ether oxygens (including phenoxy) is 2. The lowest BCUT2D eigenvalue weighted by Gasteiger charge is -2.27. The number of thioether (sulfide) groups is 1. The lowest BCUT2D eigenvalue weighted by molar-refractivity contribution is -0.168. The van der Waals surface area contributed by atoms with E-state index in [-0.39, 0.29) is 37.0 Å². The van der Waals surface area contributed by atoms with Gasteiger partial charge >= 0.3 is 12.0 Å². The summed E-state index contributed by atoms with van der Waals surface area (Å²) in [7, 11) is 0. The molecule has 1 saturated carbocycles. The molecule has 6 N–H and O–H groups in total. The Balaban J connectivity index is 1.09. The van der Waals surface area contributed by atoms with E-state index in [0.717, 1.165) is 18.6 Å². The third-order valence-electron chi connectivity index (χ3n) is 7.48. The van der Waals surface area contributed by atoms with Crippen LogP contribution in [0.15, 0.2) is 12.7 Å². The highest BCUT2D eigenvalue weighted by Gasteiger charge is 2.78. The van der Waals surface area contributed by atoms with Gasteiger partial charge in [-0.2, -0.15) is 11.8 Å². The number of carbonyl (C=O) groups is 2. The van der Waals surface area contributed by atoms with E-state index < -0.39 is 35.9 Å². The van der Waals surface area contributed by atoms with Crippen molar-refractivity contribution in [3.8, 4) is 0 Å². The van der Waals surface area contributed by atoms with Crippen LogP contribution < -0.4 is 16.4 Å². The average Bonchev–Trinajstić information content (AvgIpc) is 3.33. The molecule has 188 valence electrons. The van der Waals surface area contributed by atoms with Gasteiger partial charge < -0.3 is 36.1 Å². The van der Waals surface area contributed by atoms with E-state index in [1.54, 1.807) is 4.57 Å². The molecular weight excluding hydrogens is 478 g/mol. The molecule has 1 aliphatic carbocycles. The molecule has 35 heavy (non-hydrogen) atoms. The van der Waals surface area contributed by atoms with E-state index in [1.807, 2.05) is 11.8 Å². The third-order valence-corrected chi connectivity index (χ3v) is 8.99. The number of hydrogen-bond donors (Lipinski definition) is 5. The van der Waals surface area contributed by atoms with Crippen LogP contribution in [0.25, 0.3) is 11.2 Å². The molecule has 14 heteroatoms. The van der Waals surface area contributed by atoms with Crippen molar-refractivity contribution in [1.29, 1.82) is 0 Å². The van der Waals surface area contributed by atoms with Crippen molar-refractivity contribution in [2.24, 2.45) is 5.92 Å². The standard InChI is InChI=1S/C21H27N7O6S/c22-17-14-18(24-7-23-17)28(8-25-14)19-16(21(32)9(5-29)15(21)34-19)33-12(30)4-2-1-3-11-13-10(6-35-11)26-20(31)27-13/h7-11,13,15-16,19,29,32H,1-6H2,(H2,22,23,24)(H2,26,27,31)/t9-,10-,11?,13-,15?,16?,19+,21?/m0/s1. The average molecular weight is 506 g/mol. The van der Waals surface area contributed by atoms with Crippen LogP contribution in [0.1, 0.15) is 31.9 Å². The monoisotopic (exact) mass is 505 g/mol. The molecule has 2 aromatic heterocycles. The fourth-order valence-corrected chi connectivity index (χ4v) is 7.12. The summed E-state index contributed by atoms with van der Waals surface area (Å²) in [5.41, 5.74) is 5.18. The zero-order valence-electron chi connectivity index (χ0n) is 18.7. The van der Waals surface area contributed by atoms with Gasteiger partial charge in [0.1, 0.15) is 23.5 Å². The molecule has 0 bridgehead atoms. The number of aliphatic hydroxyl groups is 2. The first kappa shape index (κ1) is 22.8. The van der Waals surface area contributed by atoms with Crippen molar-refractivity contribution in [3.05, 3.63) is 12.7 Å². The molecule has 0 aromatic carbocycles. The minimum Gasteiger partial charge on any atom is -0.454 e. The van der Waals surface area contributed by atoms with Crippen LogP contribution in [0.2, 0.25) is 0 Å². The summed E-state index contributed by atoms with van der Waals surface area (Å²) >= 11 is 1.84. The molecular formula is C21H27N7O6S. The zero-order valence-corrected chi connectivity index (χ0v) is 19.6. The Bertz CT molecular complexity index is 1160. The van der Waals surface area contributed by atoms with Gasteiger partial charge in [0.15, 0.2) is 23.8 Å². The lowest BCUT2D eigenvalue weighted by Crippen LogP contribution is -2.40. The molecule has 4 unspecified atom stereocenters. The van der Waals surface area contributed by atoms with Gasteiger partial charge in [-0.1, -0.05) is 6.42 Å². The van der Waals surface area contributed by atoms with Crippen molar-refractivity contribution in [1.82, 2.24) is 30.2 Å². The van der Waals surface area contributed by atoms with E-state index in [1.165, 1.54) is 12.7 Å². The number of esters is 1. The minimum absolute atomic E-state index is 0.112. The Kier molecular flexibility index (Phi) is 5.51. The molecule has 2 aromatic rings. The number of urea groups is 1. The van der Waals surface area contributed by atoms with Crippen LogP contribution in [0, 0.1) is 5.92 Å². The van der Waals surface area contributed by atoms with Gasteiger partial charge in [0.2, 0.25) is 0 Å². The Morgan fingerprint density at radius 2 is 2.20 bits per heavy atom. The van der Waals surface area contributed by atoms with Crippen LogP contribution in [-0.4, -0.2) is 89.2 Å². The first-order chi connectivity index (χ1) is 16.9. The predicted molar refractivity (Wildman–Crippen MR) is 123 cm³/mol. The molecule has 3 aliphatic heterocycles. The van der Waals surface area contributed by atoms with Crippen molar-refractivity contribution in [3.63, 3.8) is 0 Å². The van der Waals surface area contributed by atoms with Crippen LogP contribution in [0.3, 0.4) is 0 Å². The van der Waals surface area contributed by atoms with E-state index in [4.69, 9.17) is 15.2 Å². The topological polar surface area (TPSA) is 187 Å². The van der Waals surface area contributed by atoms with Crippen molar-refractivity contribution < 1.29 is 29.3 Å². The van der Waals surface area contributed by atoms with Gasteiger partial charge in [-0.05, 0) is 12.8 Å². The van der Waals surface area contributed by atoms with Crippen molar-refractivity contribution >= 4 is 40.7 Å². The molecule has 13 nitrogen and oxygen atoms in total. The maximum absolute atomic E-state index is 12.8. The van der Waals surface area contributed by atoms with Gasteiger partial charge in [0.25, 0.3) is 0 Å². The number of carbonyl (C=O) groups excluding carboxylic acids is 2. The fraction of sp³-hybridized carbons (Fsp3) is 0.667. The molecule has 5 heterocycles. The molecule has 3 saturated heterocycles. The Hall–Kier alpha value is -2.68. The van der Waals surface area contributed by atoms with Gasteiger partial charge in [0.05, 0.1) is 25.0 Å². The number of nitrogen functional groups attached to an aromatic ring is 1. The fourth-order valence-electron chi connectivity index (χ4n) is 5.58. The number of amides is 2. The number of aromatic nitrogens is 4. The number of fused-ring (bicyclic) bond motifs is 3. The normalized spacial score (nSPS) is 37.1. The van der Waals surface area contributed by atoms with E-state index in [9.17, 15) is 19.8 Å². The second-order valence-corrected chi connectivity index (χ2v) is 10.8. The number of aliphatic hydroxyl groups excluding tert-OH is 1. The quantitative estimate of drug-likeness (QED) is 0.173.